The Morgan fingerprint density at radius 2 is 1.88 bits per heavy atom. The molecule has 0 aliphatic carbocycles. The van der Waals surface area contributed by atoms with Crippen molar-refractivity contribution in [2.75, 3.05) is 24.3 Å². The van der Waals surface area contributed by atoms with Crippen molar-refractivity contribution in [2.45, 2.75) is 26.7 Å². The first-order valence-electron chi connectivity index (χ1n) is 8.58. The van der Waals surface area contributed by atoms with Gasteiger partial charge in [-0.05, 0) is 43.2 Å². The molecule has 0 bridgehead atoms. The van der Waals surface area contributed by atoms with Crippen LogP contribution in [0, 0.1) is 6.92 Å². The van der Waals surface area contributed by atoms with Crippen molar-refractivity contribution in [1.29, 1.82) is 0 Å². The molecule has 3 rings (SSSR count). The van der Waals surface area contributed by atoms with Crippen LogP contribution in [-0.2, 0) is 0 Å². The van der Waals surface area contributed by atoms with E-state index in [1.54, 1.807) is 6.20 Å². The summed E-state index contributed by atoms with van der Waals surface area (Å²) in [5.74, 6) is 1.50. The number of hydrogen-bond donors (Lipinski definition) is 1. The van der Waals surface area contributed by atoms with Gasteiger partial charge in [-0.15, -0.1) is 0 Å². The lowest BCUT2D eigenvalue weighted by atomic mass is 10.0. The normalized spacial score (nSPS) is 11.0. The monoisotopic (exact) mass is 349 g/mol. The van der Waals surface area contributed by atoms with Crippen molar-refractivity contribution < 1.29 is 4.79 Å². The highest BCUT2D eigenvalue weighted by Gasteiger charge is 2.16. The molecule has 0 aliphatic rings. The van der Waals surface area contributed by atoms with Gasteiger partial charge in [0.1, 0.15) is 11.6 Å². The molecule has 0 radical (unpaired) electrons. The van der Waals surface area contributed by atoms with Gasteiger partial charge in [-0.25, -0.2) is 15.0 Å². The first-order valence-corrected chi connectivity index (χ1v) is 8.58. The highest BCUT2D eigenvalue weighted by atomic mass is 16.1. The van der Waals surface area contributed by atoms with Crippen molar-refractivity contribution >= 4 is 28.3 Å². The van der Waals surface area contributed by atoms with Gasteiger partial charge in [-0.1, -0.05) is 13.8 Å². The predicted octanol–water partition coefficient (Wildman–Crippen LogP) is 3.77. The van der Waals surface area contributed by atoms with E-state index in [2.05, 4.69) is 20.3 Å². The minimum Gasteiger partial charge on any atom is -0.363 e. The molecule has 0 atom stereocenters. The van der Waals surface area contributed by atoms with E-state index in [9.17, 15) is 4.79 Å². The highest BCUT2D eigenvalue weighted by Crippen LogP contribution is 2.22. The first-order chi connectivity index (χ1) is 12.3. The number of anilines is 2. The fourth-order valence-corrected chi connectivity index (χ4v) is 2.74. The van der Waals surface area contributed by atoms with E-state index < -0.39 is 0 Å². The van der Waals surface area contributed by atoms with E-state index >= 15 is 0 Å². The summed E-state index contributed by atoms with van der Waals surface area (Å²) in [7, 11) is 3.91. The van der Waals surface area contributed by atoms with Gasteiger partial charge in [0.25, 0.3) is 5.91 Å². The van der Waals surface area contributed by atoms with Crippen molar-refractivity contribution in [1.82, 2.24) is 15.0 Å². The lowest BCUT2D eigenvalue weighted by Crippen LogP contribution is -2.17. The van der Waals surface area contributed by atoms with Gasteiger partial charge in [-0.2, -0.15) is 0 Å². The molecule has 1 amide bonds. The number of carbonyl (C=O) groups excluding carboxylic acids is 1. The van der Waals surface area contributed by atoms with Crippen molar-refractivity contribution in [3.63, 3.8) is 0 Å². The second-order valence-electron chi connectivity index (χ2n) is 6.80. The van der Waals surface area contributed by atoms with E-state index in [1.807, 2.05) is 70.1 Å². The number of rotatable bonds is 4. The third-order valence-electron chi connectivity index (χ3n) is 4.12. The average Bonchev–Trinajstić information content (AvgIpc) is 2.60. The summed E-state index contributed by atoms with van der Waals surface area (Å²) in [5, 5.41) is 3.92. The van der Waals surface area contributed by atoms with Gasteiger partial charge in [-0.3, -0.25) is 4.79 Å². The summed E-state index contributed by atoms with van der Waals surface area (Å²) in [6.07, 6.45) is 1.60. The number of fused-ring (bicyclic) bond motifs is 1. The molecule has 134 valence electrons. The number of carbonyl (C=O) groups is 1. The number of pyridine rings is 1. The van der Waals surface area contributed by atoms with Crippen LogP contribution in [0.25, 0.3) is 10.9 Å². The molecular weight excluding hydrogens is 326 g/mol. The van der Waals surface area contributed by atoms with Gasteiger partial charge >= 0.3 is 0 Å². The molecule has 0 spiro atoms. The maximum absolute atomic E-state index is 12.7. The molecule has 0 saturated carbocycles. The molecule has 1 aromatic carbocycles. The average molecular weight is 349 g/mol. The zero-order chi connectivity index (χ0) is 18.8. The Bertz CT molecular complexity index is 966. The summed E-state index contributed by atoms with van der Waals surface area (Å²) in [4.78, 5) is 27.9. The number of benzene rings is 1. The van der Waals surface area contributed by atoms with Crippen LogP contribution in [0.2, 0.25) is 0 Å². The van der Waals surface area contributed by atoms with Crippen molar-refractivity contribution in [3.8, 4) is 0 Å². The summed E-state index contributed by atoms with van der Waals surface area (Å²) in [5.41, 5.74) is 2.87. The summed E-state index contributed by atoms with van der Waals surface area (Å²) in [6.45, 7) is 5.86. The van der Waals surface area contributed by atoms with Crippen LogP contribution in [0.3, 0.4) is 0 Å². The van der Waals surface area contributed by atoms with Gasteiger partial charge in [0.05, 0.1) is 16.8 Å². The Balaban J connectivity index is 1.89. The molecule has 0 unspecified atom stereocenters. The number of aryl methyl sites for hydroxylation is 1. The predicted molar refractivity (Wildman–Crippen MR) is 105 cm³/mol. The van der Waals surface area contributed by atoms with Crippen LogP contribution in [0.4, 0.5) is 11.5 Å². The van der Waals surface area contributed by atoms with E-state index in [4.69, 9.17) is 0 Å². The van der Waals surface area contributed by atoms with Gasteiger partial charge in [0.2, 0.25) is 0 Å². The Hall–Kier alpha value is -3.02. The number of aromatic nitrogens is 3. The van der Waals surface area contributed by atoms with Crippen LogP contribution in [-0.4, -0.2) is 35.0 Å². The SMILES string of the molecule is Cc1ncc(C(=O)Nc2ccc3nc(N(C)C)ccc3c2)c(C(C)C)n1. The lowest BCUT2D eigenvalue weighted by molar-refractivity contribution is 0.102. The van der Waals surface area contributed by atoms with Gasteiger partial charge < -0.3 is 10.2 Å². The third-order valence-corrected chi connectivity index (χ3v) is 4.12. The van der Waals surface area contributed by atoms with Crippen LogP contribution < -0.4 is 10.2 Å². The highest BCUT2D eigenvalue weighted by molar-refractivity contribution is 6.05. The second-order valence-corrected chi connectivity index (χ2v) is 6.80. The minimum atomic E-state index is -0.203. The molecule has 1 N–H and O–H groups in total. The van der Waals surface area contributed by atoms with Crippen LogP contribution in [0.15, 0.2) is 36.5 Å². The number of nitrogens with zero attached hydrogens (tertiary/aromatic N) is 4. The maximum atomic E-state index is 12.7. The van der Waals surface area contributed by atoms with E-state index in [1.165, 1.54) is 0 Å². The number of amides is 1. The summed E-state index contributed by atoms with van der Waals surface area (Å²) >= 11 is 0. The number of hydrogen-bond acceptors (Lipinski definition) is 5. The first kappa shape index (κ1) is 17.8. The minimum absolute atomic E-state index is 0.141. The third kappa shape index (κ3) is 3.64. The Labute approximate surface area is 153 Å². The van der Waals surface area contributed by atoms with E-state index in [0.29, 0.717) is 11.4 Å². The second kappa shape index (κ2) is 7.07. The number of nitrogens with one attached hydrogen (secondary N) is 1. The summed E-state index contributed by atoms with van der Waals surface area (Å²) in [6, 6.07) is 9.65. The van der Waals surface area contributed by atoms with Crippen molar-refractivity contribution in [2.24, 2.45) is 0 Å². The molecule has 0 fully saturated rings. The quantitative estimate of drug-likeness (QED) is 0.776. The molecule has 3 aromatic rings. The molecule has 0 aliphatic heterocycles. The standard InChI is InChI=1S/C20H23N5O/c1-12(2)19-16(11-21-13(3)22-19)20(26)23-15-7-8-17-14(10-15)6-9-18(24-17)25(4)5/h6-12H,1-5H3,(H,23,26). The fourth-order valence-electron chi connectivity index (χ4n) is 2.74. The zero-order valence-electron chi connectivity index (χ0n) is 15.7. The van der Waals surface area contributed by atoms with Crippen LogP contribution >= 0.6 is 0 Å². The topological polar surface area (TPSA) is 71.0 Å². The molecule has 26 heavy (non-hydrogen) atoms. The van der Waals surface area contributed by atoms with Gasteiger partial charge in [0, 0.05) is 31.4 Å². The molecule has 2 aromatic heterocycles. The maximum Gasteiger partial charge on any atom is 0.259 e. The Morgan fingerprint density at radius 3 is 2.58 bits per heavy atom. The smallest absolute Gasteiger partial charge is 0.259 e. The Kier molecular flexibility index (Phi) is 4.84. The van der Waals surface area contributed by atoms with E-state index in [0.717, 1.165) is 28.1 Å². The van der Waals surface area contributed by atoms with Crippen LogP contribution in [0.1, 0.15) is 41.6 Å². The molecular formula is C20H23N5O. The van der Waals surface area contributed by atoms with Gasteiger partial charge in [0.15, 0.2) is 0 Å². The molecule has 2 heterocycles. The summed E-state index contributed by atoms with van der Waals surface area (Å²) < 4.78 is 0. The zero-order valence-corrected chi connectivity index (χ0v) is 15.7. The largest absolute Gasteiger partial charge is 0.363 e. The molecule has 0 saturated heterocycles. The lowest BCUT2D eigenvalue weighted by Gasteiger charge is -2.13. The van der Waals surface area contributed by atoms with E-state index in [-0.39, 0.29) is 11.8 Å². The van der Waals surface area contributed by atoms with Crippen LogP contribution in [0.5, 0.6) is 0 Å². The fraction of sp³-hybridized carbons (Fsp3) is 0.300. The van der Waals surface area contributed by atoms with Crippen molar-refractivity contribution in [3.05, 3.63) is 53.6 Å². The molecule has 6 heteroatoms. The molecule has 6 nitrogen and oxygen atoms in total. The Morgan fingerprint density at radius 1 is 1.12 bits per heavy atom.